The van der Waals surface area contributed by atoms with Gasteiger partial charge < -0.3 is 29.9 Å². The number of aliphatic hydroxyl groups excluding tert-OH is 2. The molecule has 1 saturated heterocycles. The molecule has 8 nitrogen and oxygen atoms in total. The minimum Gasteiger partial charge on any atom is -0.497 e. The smallest absolute Gasteiger partial charge is 0.132 e. The lowest BCUT2D eigenvalue weighted by molar-refractivity contribution is 0.0631. The fourth-order valence-electron chi connectivity index (χ4n) is 3.52. The van der Waals surface area contributed by atoms with Crippen molar-refractivity contribution in [3.8, 4) is 11.5 Å². The van der Waals surface area contributed by atoms with Crippen molar-refractivity contribution in [3.05, 3.63) is 54.1 Å². The van der Waals surface area contributed by atoms with Crippen LogP contribution in [-0.4, -0.2) is 81.1 Å². The normalized spacial score (nSPS) is 19.8. The zero-order valence-electron chi connectivity index (χ0n) is 18.3. The van der Waals surface area contributed by atoms with Crippen molar-refractivity contribution in [1.29, 1.82) is 0 Å². The van der Waals surface area contributed by atoms with Crippen molar-refractivity contribution in [2.24, 2.45) is 0 Å². The maximum atomic E-state index is 9.45. The molecule has 0 aromatic heterocycles. The largest absolute Gasteiger partial charge is 0.497 e. The van der Waals surface area contributed by atoms with E-state index in [0.29, 0.717) is 25.6 Å². The SMILES string of the molecule is COc1ccc(C2CNC(Nc3ccc(OCCN(C)CC(O)CO)cc3)NC2)cc1. The average molecular weight is 431 g/mol. The number of nitrogens with one attached hydrogen (secondary N) is 3. The molecular formula is C23H34N4O4. The van der Waals surface area contributed by atoms with Crippen molar-refractivity contribution in [1.82, 2.24) is 15.5 Å². The van der Waals surface area contributed by atoms with Gasteiger partial charge in [0.2, 0.25) is 0 Å². The highest BCUT2D eigenvalue weighted by molar-refractivity contribution is 5.47. The molecule has 0 saturated carbocycles. The van der Waals surface area contributed by atoms with Gasteiger partial charge in [-0.1, -0.05) is 12.1 Å². The lowest BCUT2D eigenvalue weighted by Crippen LogP contribution is -2.55. The van der Waals surface area contributed by atoms with E-state index in [0.717, 1.165) is 30.3 Å². The highest BCUT2D eigenvalue weighted by Crippen LogP contribution is 2.21. The summed E-state index contributed by atoms with van der Waals surface area (Å²) in [6.07, 6.45) is -0.711. The molecule has 31 heavy (non-hydrogen) atoms. The van der Waals surface area contributed by atoms with E-state index in [4.69, 9.17) is 14.6 Å². The quantitative estimate of drug-likeness (QED) is 0.361. The summed E-state index contributed by atoms with van der Waals surface area (Å²) in [4.78, 5) is 1.93. The van der Waals surface area contributed by atoms with Crippen molar-refractivity contribution in [2.75, 3.05) is 58.9 Å². The molecule has 1 aliphatic rings. The van der Waals surface area contributed by atoms with Crippen LogP contribution >= 0.6 is 0 Å². The van der Waals surface area contributed by atoms with Gasteiger partial charge in [0, 0.05) is 37.8 Å². The molecule has 1 fully saturated rings. The van der Waals surface area contributed by atoms with E-state index >= 15 is 0 Å². The van der Waals surface area contributed by atoms with Gasteiger partial charge >= 0.3 is 0 Å². The zero-order valence-corrected chi connectivity index (χ0v) is 18.3. The third kappa shape index (κ3) is 7.37. The van der Waals surface area contributed by atoms with Crippen molar-refractivity contribution in [2.45, 2.75) is 18.3 Å². The standard InChI is InChI=1S/C23H34N4O4/c1-27(15-20(29)16-28)11-12-31-22-9-5-19(6-10-22)26-23-24-13-18(14-25-23)17-3-7-21(30-2)8-4-17/h3-10,18,20,23-26,28-29H,11-16H2,1-2H3. The summed E-state index contributed by atoms with van der Waals surface area (Å²) >= 11 is 0. The van der Waals surface area contributed by atoms with Crippen LogP contribution in [0.5, 0.6) is 11.5 Å². The van der Waals surface area contributed by atoms with Gasteiger partial charge in [0.1, 0.15) is 24.4 Å². The Kier molecular flexibility index (Phi) is 8.93. The Bertz CT molecular complexity index is 764. The lowest BCUT2D eigenvalue weighted by Gasteiger charge is -2.32. The molecular weight excluding hydrogens is 396 g/mol. The molecule has 1 heterocycles. The van der Waals surface area contributed by atoms with Crippen molar-refractivity contribution >= 4 is 5.69 Å². The van der Waals surface area contributed by atoms with Crippen LogP contribution < -0.4 is 25.4 Å². The van der Waals surface area contributed by atoms with E-state index in [9.17, 15) is 5.11 Å². The van der Waals surface area contributed by atoms with E-state index in [1.807, 2.05) is 48.3 Å². The number of methoxy groups -OCH3 is 1. The number of likely N-dealkylation sites (N-methyl/N-ethyl adjacent to an activating group) is 1. The third-order valence-electron chi connectivity index (χ3n) is 5.36. The summed E-state index contributed by atoms with van der Waals surface area (Å²) in [6, 6.07) is 16.1. The maximum Gasteiger partial charge on any atom is 0.132 e. The summed E-state index contributed by atoms with van der Waals surface area (Å²) in [5.41, 5.74) is 2.29. The number of nitrogens with zero attached hydrogens (tertiary/aromatic N) is 1. The molecule has 0 aliphatic carbocycles. The topological polar surface area (TPSA) is 98.2 Å². The van der Waals surface area contributed by atoms with E-state index < -0.39 is 6.10 Å². The first kappa shape index (κ1) is 23.3. The van der Waals surface area contributed by atoms with Gasteiger partial charge in [0.05, 0.1) is 19.8 Å². The number of anilines is 1. The number of rotatable bonds is 11. The highest BCUT2D eigenvalue weighted by Gasteiger charge is 2.21. The number of ether oxygens (including phenoxy) is 2. The van der Waals surface area contributed by atoms with Gasteiger partial charge in [-0.2, -0.15) is 0 Å². The van der Waals surface area contributed by atoms with E-state index in [1.54, 1.807) is 7.11 Å². The molecule has 2 aromatic carbocycles. The molecule has 0 amide bonds. The number of hydrogen-bond donors (Lipinski definition) is 5. The fourth-order valence-corrected chi connectivity index (χ4v) is 3.52. The second-order valence-electron chi connectivity index (χ2n) is 7.84. The highest BCUT2D eigenvalue weighted by atomic mass is 16.5. The molecule has 0 radical (unpaired) electrons. The Labute approximate surface area is 184 Å². The second-order valence-corrected chi connectivity index (χ2v) is 7.84. The Morgan fingerprint density at radius 2 is 1.71 bits per heavy atom. The average Bonchev–Trinajstić information content (AvgIpc) is 2.80. The van der Waals surface area contributed by atoms with Gasteiger partial charge in [-0.05, 0) is 49.0 Å². The summed E-state index contributed by atoms with van der Waals surface area (Å²) in [6.45, 7) is 3.14. The zero-order chi connectivity index (χ0) is 22.1. The minimum absolute atomic E-state index is 0.00729. The number of benzene rings is 2. The van der Waals surface area contributed by atoms with Gasteiger partial charge in [0.25, 0.3) is 0 Å². The Hall–Kier alpha value is -2.36. The molecule has 3 rings (SSSR count). The summed E-state index contributed by atoms with van der Waals surface area (Å²) in [7, 11) is 3.57. The first-order valence-electron chi connectivity index (χ1n) is 10.6. The molecule has 5 N–H and O–H groups in total. The van der Waals surface area contributed by atoms with Crippen molar-refractivity contribution in [3.63, 3.8) is 0 Å². The van der Waals surface area contributed by atoms with Crippen molar-refractivity contribution < 1.29 is 19.7 Å². The molecule has 0 bridgehead atoms. The molecule has 1 atom stereocenters. The van der Waals surface area contributed by atoms with Crippen LogP contribution in [0.2, 0.25) is 0 Å². The molecule has 1 aliphatic heterocycles. The van der Waals surface area contributed by atoms with Crippen LogP contribution in [-0.2, 0) is 0 Å². The Morgan fingerprint density at radius 3 is 2.32 bits per heavy atom. The predicted molar refractivity (Wildman–Crippen MR) is 122 cm³/mol. The Morgan fingerprint density at radius 1 is 1.06 bits per heavy atom. The minimum atomic E-state index is -0.719. The first-order valence-corrected chi connectivity index (χ1v) is 10.6. The fraction of sp³-hybridized carbons (Fsp3) is 0.478. The maximum absolute atomic E-state index is 9.45. The first-order chi connectivity index (χ1) is 15.1. The van der Waals surface area contributed by atoms with Gasteiger partial charge in [-0.3, -0.25) is 10.6 Å². The van der Waals surface area contributed by atoms with E-state index in [2.05, 4.69) is 28.1 Å². The van der Waals surface area contributed by atoms with E-state index in [1.165, 1.54) is 5.56 Å². The van der Waals surface area contributed by atoms with Gasteiger partial charge in [0.15, 0.2) is 0 Å². The second kappa shape index (κ2) is 11.9. The van der Waals surface area contributed by atoms with Crippen LogP contribution in [0.4, 0.5) is 5.69 Å². The molecule has 0 spiro atoms. The third-order valence-corrected chi connectivity index (χ3v) is 5.36. The molecule has 1 unspecified atom stereocenters. The van der Waals surface area contributed by atoms with Gasteiger partial charge in [-0.15, -0.1) is 0 Å². The number of aliphatic hydroxyl groups is 2. The molecule has 8 heteroatoms. The van der Waals surface area contributed by atoms with Crippen LogP contribution in [0.3, 0.4) is 0 Å². The summed E-state index contributed by atoms with van der Waals surface area (Å²) < 4.78 is 11.0. The monoisotopic (exact) mass is 430 g/mol. The van der Waals surface area contributed by atoms with E-state index in [-0.39, 0.29) is 12.9 Å². The van der Waals surface area contributed by atoms with Crippen LogP contribution in [0, 0.1) is 0 Å². The lowest BCUT2D eigenvalue weighted by atomic mass is 9.97. The molecule has 2 aromatic rings. The van der Waals surface area contributed by atoms with Crippen LogP contribution in [0.15, 0.2) is 48.5 Å². The van der Waals surface area contributed by atoms with Crippen LogP contribution in [0.1, 0.15) is 11.5 Å². The van der Waals surface area contributed by atoms with Crippen LogP contribution in [0.25, 0.3) is 0 Å². The molecule has 170 valence electrons. The summed E-state index contributed by atoms with van der Waals surface area (Å²) in [5.74, 6) is 2.09. The summed E-state index contributed by atoms with van der Waals surface area (Å²) in [5, 5.41) is 28.8. The Balaban J connectivity index is 1.38. The number of hydrogen-bond acceptors (Lipinski definition) is 8. The predicted octanol–water partition coefficient (Wildman–Crippen LogP) is 1.03. The van der Waals surface area contributed by atoms with Gasteiger partial charge in [-0.25, -0.2) is 0 Å².